The lowest BCUT2D eigenvalue weighted by Gasteiger charge is -2.06. The van der Waals surface area contributed by atoms with E-state index in [-0.39, 0.29) is 12.0 Å². The van der Waals surface area contributed by atoms with E-state index < -0.39 is 33.7 Å². The van der Waals surface area contributed by atoms with Crippen LogP contribution >= 0.6 is 11.6 Å². The van der Waals surface area contributed by atoms with Gasteiger partial charge in [0.05, 0.1) is 18.5 Å². The highest BCUT2D eigenvalue weighted by Gasteiger charge is 2.29. The number of nitro groups is 1. The van der Waals surface area contributed by atoms with Gasteiger partial charge >= 0.3 is 11.7 Å². The summed E-state index contributed by atoms with van der Waals surface area (Å²) >= 11 is 5.63. The molecule has 0 saturated carbocycles. The van der Waals surface area contributed by atoms with E-state index >= 15 is 0 Å². The SMILES string of the molecule is COC(=O)Cc1cnc(C(F)F)c([N+](=O)[O-])c1Cl. The Labute approximate surface area is 105 Å². The summed E-state index contributed by atoms with van der Waals surface area (Å²) < 4.78 is 29.4. The Morgan fingerprint density at radius 3 is 2.72 bits per heavy atom. The molecule has 1 aromatic rings. The van der Waals surface area contributed by atoms with Gasteiger partial charge in [0, 0.05) is 11.8 Å². The van der Waals surface area contributed by atoms with E-state index in [2.05, 4.69) is 9.72 Å². The standard InChI is InChI=1S/C9H7ClF2N2O4/c1-18-5(15)2-4-3-13-7(9(11)12)8(6(4)10)14(16)17/h3,9H,2H2,1H3. The minimum Gasteiger partial charge on any atom is -0.469 e. The Balaban J connectivity index is 3.30. The van der Waals surface area contributed by atoms with Gasteiger partial charge in [0.2, 0.25) is 0 Å². The van der Waals surface area contributed by atoms with Crippen molar-refractivity contribution in [3.05, 3.63) is 32.6 Å². The van der Waals surface area contributed by atoms with Crippen LogP contribution in [0.4, 0.5) is 14.5 Å². The molecule has 0 bridgehead atoms. The Morgan fingerprint density at radius 2 is 2.28 bits per heavy atom. The number of esters is 1. The van der Waals surface area contributed by atoms with Crippen LogP contribution in [0.1, 0.15) is 17.7 Å². The number of aromatic nitrogens is 1. The topological polar surface area (TPSA) is 82.3 Å². The van der Waals surface area contributed by atoms with Gasteiger partial charge in [-0.1, -0.05) is 11.6 Å². The summed E-state index contributed by atoms with van der Waals surface area (Å²) in [5.41, 5.74) is -2.06. The molecule has 0 unspecified atom stereocenters. The molecule has 98 valence electrons. The highest BCUT2D eigenvalue weighted by atomic mass is 35.5. The minimum atomic E-state index is -3.13. The number of halogens is 3. The third-order valence-electron chi connectivity index (χ3n) is 2.04. The maximum atomic E-state index is 12.5. The molecule has 1 aromatic heterocycles. The molecule has 0 spiro atoms. The third kappa shape index (κ3) is 2.89. The predicted molar refractivity (Wildman–Crippen MR) is 56.6 cm³/mol. The van der Waals surface area contributed by atoms with Crippen LogP contribution in [0, 0.1) is 10.1 Å². The van der Waals surface area contributed by atoms with Crippen molar-refractivity contribution in [1.82, 2.24) is 4.98 Å². The first-order chi connectivity index (χ1) is 8.38. The van der Waals surface area contributed by atoms with Gasteiger partial charge < -0.3 is 4.74 Å². The fraction of sp³-hybridized carbons (Fsp3) is 0.333. The van der Waals surface area contributed by atoms with E-state index in [9.17, 15) is 23.7 Å². The molecular weight excluding hydrogens is 274 g/mol. The molecule has 0 aromatic carbocycles. The summed E-state index contributed by atoms with van der Waals surface area (Å²) in [5.74, 6) is -0.710. The van der Waals surface area contributed by atoms with Gasteiger partial charge in [0.15, 0.2) is 5.69 Å². The van der Waals surface area contributed by atoms with E-state index in [1.807, 2.05) is 0 Å². The number of rotatable bonds is 4. The minimum absolute atomic E-state index is 0.0420. The lowest BCUT2D eigenvalue weighted by Crippen LogP contribution is -2.08. The van der Waals surface area contributed by atoms with Crippen LogP contribution in [0.15, 0.2) is 6.20 Å². The van der Waals surface area contributed by atoms with Crippen molar-refractivity contribution in [2.75, 3.05) is 7.11 Å². The van der Waals surface area contributed by atoms with Crippen molar-refractivity contribution in [3.8, 4) is 0 Å². The number of carbonyl (C=O) groups is 1. The number of nitrogens with zero attached hydrogens (tertiary/aromatic N) is 2. The van der Waals surface area contributed by atoms with Crippen molar-refractivity contribution in [2.24, 2.45) is 0 Å². The van der Waals surface area contributed by atoms with Crippen molar-refractivity contribution in [2.45, 2.75) is 12.8 Å². The summed E-state index contributed by atoms with van der Waals surface area (Å²) in [5, 5.41) is 10.2. The van der Waals surface area contributed by atoms with E-state index in [4.69, 9.17) is 11.6 Å². The van der Waals surface area contributed by atoms with Crippen LogP contribution in [-0.4, -0.2) is 23.0 Å². The number of methoxy groups -OCH3 is 1. The summed E-state index contributed by atoms with van der Waals surface area (Å²) in [6.45, 7) is 0. The Bertz CT molecular complexity index is 496. The van der Waals surface area contributed by atoms with E-state index in [0.717, 1.165) is 13.3 Å². The molecular formula is C9H7ClF2N2O4. The molecule has 0 amide bonds. The van der Waals surface area contributed by atoms with Crippen LogP contribution in [0.3, 0.4) is 0 Å². The number of pyridine rings is 1. The zero-order valence-corrected chi connectivity index (χ0v) is 9.78. The van der Waals surface area contributed by atoms with Gasteiger partial charge in [-0.05, 0) is 0 Å². The maximum absolute atomic E-state index is 12.5. The van der Waals surface area contributed by atoms with Gasteiger partial charge in [0.1, 0.15) is 5.02 Å². The summed E-state index contributed by atoms with van der Waals surface area (Å²) in [6.07, 6.45) is -2.62. The first kappa shape index (κ1) is 14.2. The van der Waals surface area contributed by atoms with Crippen LogP contribution in [0.25, 0.3) is 0 Å². The molecule has 0 fully saturated rings. The fourth-order valence-electron chi connectivity index (χ4n) is 1.21. The molecule has 1 rings (SSSR count). The third-order valence-corrected chi connectivity index (χ3v) is 2.47. The van der Waals surface area contributed by atoms with Crippen LogP contribution in [-0.2, 0) is 16.0 Å². The Morgan fingerprint density at radius 1 is 1.67 bits per heavy atom. The first-order valence-corrected chi connectivity index (χ1v) is 4.92. The molecule has 9 heteroatoms. The smallest absolute Gasteiger partial charge is 0.315 e. The van der Waals surface area contributed by atoms with Gasteiger partial charge in [-0.25, -0.2) is 13.8 Å². The molecule has 18 heavy (non-hydrogen) atoms. The quantitative estimate of drug-likeness (QED) is 0.480. The van der Waals surface area contributed by atoms with Crippen LogP contribution < -0.4 is 0 Å². The van der Waals surface area contributed by atoms with E-state index in [0.29, 0.717) is 0 Å². The second-order valence-corrected chi connectivity index (χ2v) is 3.52. The molecule has 0 saturated heterocycles. The van der Waals surface area contributed by atoms with Gasteiger partial charge in [-0.15, -0.1) is 0 Å². The zero-order chi connectivity index (χ0) is 13.9. The molecule has 0 aliphatic rings. The second kappa shape index (κ2) is 5.67. The second-order valence-electron chi connectivity index (χ2n) is 3.14. The maximum Gasteiger partial charge on any atom is 0.315 e. The molecule has 0 aliphatic carbocycles. The molecule has 0 aliphatic heterocycles. The first-order valence-electron chi connectivity index (χ1n) is 4.55. The number of carbonyl (C=O) groups excluding carboxylic acids is 1. The van der Waals surface area contributed by atoms with Crippen molar-refractivity contribution in [3.63, 3.8) is 0 Å². The molecule has 0 N–H and O–H groups in total. The largest absolute Gasteiger partial charge is 0.469 e. The summed E-state index contributed by atoms with van der Waals surface area (Å²) in [4.78, 5) is 23.9. The summed E-state index contributed by atoms with van der Waals surface area (Å²) in [7, 11) is 1.12. The van der Waals surface area contributed by atoms with Crippen LogP contribution in [0.2, 0.25) is 5.02 Å². The Kier molecular flexibility index (Phi) is 4.49. The molecule has 1 heterocycles. The lowest BCUT2D eigenvalue weighted by atomic mass is 10.1. The van der Waals surface area contributed by atoms with Gasteiger partial charge in [-0.2, -0.15) is 0 Å². The molecule has 6 nitrogen and oxygen atoms in total. The number of ether oxygens (including phenoxy) is 1. The normalized spacial score (nSPS) is 10.5. The molecule has 0 atom stereocenters. The monoisotopic (exact) mass is 280 g/mol. The lowest BCUT2D eigenvalue weighted by molar-refractivity contribution is -0.386. The van der Waals surface area contributed by atoms with Crippen molar-refractivity contribution >= 4 is 23.3 Å². The average molecular weight is 281 g/mol. The van der Waals surface area contributed by atoms with Crippen LogP contribution in [0.5, 0.6) is 0 Å². The zero-order valence-electron chi connectivity index (χ0n) is 9.02. The average Bonchev–Trinajstić information content (AvgIpc) is 2.30. The van der Waals surface area contributed by atoms with Gasteiger partial charge in [-0.3, -0.25) is 14.9 Å². The number of alkyl halides is 2. The van der Waals surface area contributed by atoms with Crippen molar-refractivity contribution in [1.29, 1.82) is 0 Å². The highest BCUT2D eigenvalue weighted by molar-refractivity contribution is 6.33. The highest BCUT2D eigenvalue weighted by Crippen LogP contribution is 2.35. The predicted octanol–water partition coefficient (Wildman–Crippen LogP) is 2.30. The fourth-order valence-corrected chi connectivity index (χ4v) is 1.50. The van der Waals surface area contributed by atoms with Gasteiger partial charge in [0.25, 0.3) is 6.43 Å². The molecule has 0 radical (unpaired) electrons. The van der Waals surface area contributed by atoms with Crippen molar-refractivity contribution < 1.29 is 23.2 Å². The van der Waals surface area contributed by atoms with E-state index in [1.165, 1.54) is 0 Å². The van der Waals surface area contributed by atoms with E-state index in [1.54, 1.807) is 0 Å². The summed E-state index contributed by atoms with van der Waals surface area (Å²) in [6, 6.07) is 0. The Hall–Kier alpha value is -1.83. The number of hydrogen-bond acceptors (Lipinski definition) is 5. The number of hydrogen-bond donors (Lipinski definition) is 0.